The van der Waals surface area contributed by atoms with Gasteiger partial charge in [-0.2, -0.15) is 0 Å². The molecule has 0 spiro atoms. The third-order valence-electron chi connectivity index (χ3n) is 4.86. The lowest BCUT2D eigenvalue weighted by molar-refractivity contribution is -0.0299. The molecular formula is C16H31NO3. The van der Waals surface area contributed by atoms with Crippen molar-refractivity contribution >= 4 is 0 Å². The van der Waals surface area contributed by atoms with Crippen LogP contribution in [0.25, 0.3) is 0 Å². The van der Waals surface area contributed by atoms with Crippen molar-refractivity contribution in [1.82, 2.24) is 5.32 Å². The summed E-state index contributed by atoms with van der Waals surface area (Å²) in [5.74, 6) is 0.827. The van der Waals surface area contributed by atoms with Crippen LogP contribution in [0.5, 0.6) is 0 Å². The molecule has 2 saturated carbocycles. The number of ether oxygens (including phenoxy) is 1. The van der Waals surface area contributed by atoms with Crippen molar-refractivity contribution in [3.05, 3.63) is 0 Å². The van der Waals surface area contributed by atoms with E-state index in [9.17, 15) is 10.2 Å². The van der Waals surface area contributed by atoms with Crippen molar-refractivity contribution in [1.29, 1.82) is 0 Å². The van der Waals surface area contributed by atoms with Crippen LogP contribution in [0.3, 0.4) is 0 Å². The molecule has 20 heavy (non-hydrogen) atoms. The SMILES string of the molecule is CC1CCC(OCC(O)CNCC2(O)CCCC2)CC1. The number of aliphatic hydroxyl groups excluding tert-OH is 1. The second-order valence-electron chi connectivity index (χ2n) is 6.93. The van der Waals surface area contributed by atoms with E-state index < -0.39 is 11.7 Å². The van der Waals surface area contributed by atoms with Gasteiger partial charge in [0.25, 0.3) is 0 Å². The summed E-state index contributed by atoms with van der Waals surface area (Å²) >= 11 is 0. The van der Waals surface area contributed by atoms with Gasteiger partial charge in [0.2, 0.25) is 0 Å². The standard InChI is InChI=1S/C16H31NO3/c1-13-4-6-15(7-5-13)20-11-14(18)10-17-12-16(19)8-2-3-9-16/h13-15,17-19H,2-12H2,1H3. The van der Waals surface area contributed by atoms with E-state index in [0.29, 0.717) is 25.8 Å². The third kappa shape index (κ3) is 5.32. The van der Waals surface area contributed by atoms with E-state index in [1.807, 2.05) is 0 Å². The predicted octanol–water partition coefficient (Wildman–Crippen LogP) is 1.84. The minimum atomic E-state index is -0.542. The van der Waals surface area contributed by atoms with Crippen molar-refractivity contribution in [2.75, 3.05) is 19.7 Å². The van der Waals surface area contributed by atoms with Crippen molar-refractivity contribution < 1.29 is 14.9 Å². The van der Waals surface area contributed by atoms with Crippen LogP contribution in [0, 0.1) is 5.92 Å². The number of hydrogen-bond donors (Lipinski definition) is 3. The number of aliphatic hydroxyl groups is 2. The summed E-state index contributed by atoms with van der Waals surface area (Å²) in [6.07, 6.45) is 8.59. The molecule has 0 radical (unpaired) electrons. The molecule has 2 rings (SSSR count). The van der Waals surface area contributed by atoms with E-state index >= 15 is 0 Å². The molecule has 0 aliphatic heterocycles. The van der Waals surface area contributed by atoms with Gasteiger partial charge in [0.1, 0.15) is 0 Å². The molecule has 0 amide bonds. The van der Waals surface area contributed by atoms with E-state index in [4.69, 9.17) is 4.74 Å². The van der Waals surface area contributed by atoms with Crippen molar-refractivity contribution in [3.8, 4) is 0 Å². The van der Waals surface area contributed by atoms with Gasteiger partial charge in [-0.05, 0) is 44.4 Å². The molecule has 1 atom stereocenters. The highest BCUT2D eigenvalue weighted by molar-refractivity contribution is 4.86. The summed E-state index contributed by atoms with van der Waals surface area (Å²) in [7, 11) is 0. The highest BCUT2D eigenvalue weighted by atomic mass is 16.5. The summed E-state index contributed by atoms with van der Waals surface area (Å²) < 4.78 is 5.79. The smallest absolute Gasteiger partial charge is 0.0897 e. The van der Waals surface area contributed by atoms with Gasteiger partial charge in [-0.3, -0.25) is 0 Å². The Kier molecular flexibility index (Phi) is 6.27. The van der Waals surface area contributed by atoms with Crippen LogP contribution in [0.4, 0.5) is 0 Å². The summed E-state index contributed by atoms with van der Waals surface area (Å²) in [5.41, 5.74) is -0.542. The molecule has 1 unspecified atom stereocenters. The average Bonchev–Trinajstić information content (AvgIpc) is 2.85. The zero-order chi connectivity index (χ0) is 14.4. The molecule has 0 saturated heterocycles. The van der Waals surface area contributed by atoms with Crippen molar-refractivity contribution in [2.45, 2.75) is 76.1 Å². The summed E-state index contributed by atoms with van der Waals surface area (Å²) in [5, 5.41) is 23.3. The van der Waals surface area contributed by atoms with Crippen LogP contribution in [0.15, 0.2) is 0 Å². The van der Waals surface area contributed by atoms with Gasteiger partial charge in [-0.25, -0.2) is 0 Å². The Labute approximate surface area is 122 Å². The molecule has 3 N–H and O–H groups in total. The fraction of sp³-hybridized carbons (Fsp3) is 1.00. The third-order valence-corrected chi connectivity index (χ3v) is 4.86. The molecule has 0 aromatic rings. The van der Waals surface area contributed by atoms with E-state index in [1.165, 1.54) is 12.8 Å². The quantitative estimate of drug-likeness (QED) is 0.668. The van der Waals surface area contributed by atoms with Crippen LogP contribution >= 0.6 is 0 Å². The predicted molar refractivity (Wildman–Crippen MR) is 79.7 cm³/mol. The first-order valence-electron chi connectivity index (χ1n) is 8.30. The van der Waals surface area contributed by atoms with E-state index in [2.05, 4.69) is 12.2 Å². The fourth-order valence-corrected chi connectivity index (χ4v) is 3.38. The largest absolute Gasteiger partial charge is 0.389 e. The molecule has 2 aliphatic rings. The van der Waals surface area contributed by atoms with E-state index in [0.717, 1.165) is 44.4 Å². The highest BCUT2D eigenvalue weighted by Crippen LogP contribution is 2.28. The zero-order valence-corrected chi connectivity index (χ0v) is 12.8. The fourth-order valence-electron chi connectivity index (χ4n) is 3.38. The maximum absolute atomic E-state index is 10.2. The lowest BCUT2D eigenvalue weighted by Crippen LogP contribution is -2.42. The highest BCUT2D eigenvalue weighted by Gasteiger charge is 2.30. The molecule has 4 heteroatoms. The van der Waals surface area contributed by atoms with E-state index in [1.54, 1.807) is 0 Å². The Bertz CT molecular complexity index is 271. The maximum Gasteiger partial charge on any atom is 0.0897 e. The maximum atomic E-state index is 10.2. The Morgan fingerprint density at radius 2 is 1.85 bits per heavy atom. The number of nitrogens with one attached hydrogen (secondary N) is 1. The Morgan fingerprint density at radius 1 is 1.20 bits per heavy atom. The van der Waals surface area contributed by atoms with Gasteiger partial charge in [0.05, 0.1) is 24.4 Å². The van der Waals surface area contributed by atoms with Crippen molar-refractivity contribution in [3.63, 3.8) is 0 Å². The van der Waals surface area contributed by atoms with Gasteiger partial charge >= 0.3 is 0 Å². The summed E-state index contributed by atoms with van der Waals surface area (Å²) in [6, 6.07) is 0. The van der Waals surface area contributed by atoms with Gasteiger partial charge in [0, 0.05) is 13.1 Å². The second kappa shape index (κ2) is 7.74. The first kappa shape index (κ1) is 16.2. The molecular weight excluding hydrogens is 254 g/mol. The Balaban J connectivity index is 1.53. The first-order valence-corrected chi connectivity index (χ1v) is 8.30. The lowest BCUT2D eigenvalue weighted by Gasteiger charge is -2.27. The summed E-state index contributed by atoms with van der Waals surface area (Å²) in [4.78, 5) is 0. The van der Waals surface area contributed by atoms with Crippen LogP contribution in [0.2, 0.25) is 0 Å². The van der Waals surface area contributed by atoms with Crippen molar-refractivity contribution in [2.24, 2.45) is 5.92 Å². The molecule has 4 nitrogen and oxygen atoms in total. The molecule has 0 heterocycles. The molecule has 2 aliphatic carbocycles. The van der Waals surface area contributed by atoms with Crippen LogP contribution in [0.1, 0.15) is 58.3 Å². The Morgan fingerprint density at radius 3 is 2.50 bits per heavy atom. The first-order chi connectivity index (χ1) is 9.57. The normalized spacial score (nSPS) is 31.4. The molecule has 0 bridgehead atoms. The monoisotopic (exact) mass is 285 g/mol. The molecule has 0 aromatic carbocycles. The van der Waals surface area contributed by atoms with Crippen LogP contribution in [-0.4, -0.2) is 47.7 Å². The Hall–Kier alpha value is -0.160. The van der Waals surface area contributed by atoms with Gasteiger partial charge in [0.15, 0.2) is 0 Å². The van der Waals surface area contributed by atoms with Crippen LogP contribution in [-0.2, 0) is 4.74 Å². The minimum absolute atomic E-state index is 0.333. The summed E-state index contributed by atoms with van der Waals surface area (Å²) in [6.45, 7) is 3.80. The molecule has 0 aromatic heterocycles. The van der Waals surface area contributed by atoms with Crippen LogP contribution < -0.4 is 5.32 Å². The van der Waals surface area contributed by atoms with Gasteiger partial charge < -0.3 is 20.3 Å². The molecule has 118 valence electrons. The zero-order valence-electron chi connectivity index (χ0n) is 12.8. The van der Waals surface area contributed by atoms with E-state index in [-0.39, 0.29) is 0 Å². The average molecular weight is 285 g/mol. The molecule has 2 fully saturated rings. The number of hydrogen-bond acceptors (Lipinski definition) is 4. The van der Waals surface area contributed by atoms with Gasteiger partial charge in [-0.1, -0.05) is 19.8 Å². The lowest BCUT2D eigenvalue weighted by atomic mass is 9.89. The number of rotatable bonds is 7. The van der Waals surface area contributed by atoms with Gasteiger partial charge in [-0.15, -0.1) is 0 Å². The topological polar surface area (TPSA) is 61.7 Å². The second-order valence-corrected chi connectivity index (χ2v) is 6.93. The minimum Gasteiger partial charge on any atom is -0.389 e.